The van der Waals surface area contributed by atoms with E-state index in [0.29, 0.717) is 11.9 Å². The third-order valence-electron chi connectivity index (χ3n) is 2.76. The summed E-state index contributed by atoms with van der Waals surface area (Å²) >= 11 is 0. The second kappa shape index (κ2) is 4.44. The van der Waals surface area contributed by atoms with Gasteiger partial charge < -0.3 is 15.4 Å². The van der Waals surface area contributed by atoms with Gasteiger partial charge in [-0.2, -0.15) is 0 Å². The van der Waals surface area contributed by atoms with Crippen LogP contribution in [-0.2, 0) is 4.74 Å². The van der Waals surface area contributed by atoms with Gasteiger partial charge in [-0.1, -0.05) is 0 Å². The van der Waals surface area contributed by atoms with Crippen LogP contribution >= 0.6 is 0 Å². The highest BCUT2D eigenvalue weighted by atomic mass is 16.5. The van der Waals surface area contributed by atoms with Gasteiger partial charge in [-0.15, -0.1) is 0 Å². The first kappa shape index (κ1) is 10.2. The Hall–Kier alpha value is -1.36. The number of ether oxygens (including phenoxy) is 1. The minimum atomic E-state index is 0.392. The van der Waals surface area contributed by atoms with Gasteiger partial charge in [0.2, 0.25) is 0 Å². The summed E-state index contributed by atoms with van der Waals surface area (Å²) in [5, 5.41) is 0. The first-order valence-corrected chi connectivity index (χ1v) is 5.15. The Morgan fingerprint density at radius 3 is 2.60 bits per heavy atom. The number of hydrogen-bond donors (Lipinski definition) is 1. The molecular formula is C10H16N4O. The fourth-order valence-electron chi connectivity index (χ4n) is 1.82. The number of aromatic nitrogens is 2. The minimum absolute atomic E-state index is 0.392. The molecule has 0 unspecified atom stereocenters. The van der Waals surface area contributed by atoms with E-state index in [4.69, 9.17) is 10.5 Å². The molecule has 1 fully saturated rings. The van der Waals surface area contributed by atoms with Crippen molar-refractivity contribution < 1.29 is 4.74 Å². The maximum Gasteiger partial charge on any atom is 0.147 e. The summed E-state index contributed by atoms with van der Waals surface area (Å²) in [5.74, 6) is 1.37. The molecule has 2 rings (SSSR count). The molecule has 1 aromatic rings. The van der Waals surface area contributed by atoms with Crippen molar-refractivity contribution in [1.82, 2.24) is 9.97 Å². The average Bonchev–Trinajstić information content (AvgIpc) is 2.30. The zero-order chi connectivity index (χ0) is 10.7. The van der Waals surface area contributed by atoms with E-state index in [9.17, 15) is 0 Å². The van der Waals surface area contributed by atoms with Crippen molar-refractivity contribution in [2.24, 2.45) is 0 Å². The summed E-state index contributed by atoms with van der Waals surface area (Å²) in [5.41, 5.74) is 5.49. The van der Waals surface area contributed by atoms with Crippen molar-refractivity contribution in [3.05, 3.63) is 12.4 Å². The quantitative estimate of drug-likeness (QED) is 0.774. The van der Waals surface area contributed by atoms with Crippen LogP contribution in [-0.4, -0.2) is 36.3 Å². The van der Waals surface area contributed by atoms with Crippen LogP contribution in [0.4, 0.5) is 11.6 Å². The number of nitrogens with zero attached hydrogens (tertiary/aromatic N) is 3. The highest BCUT2D eigenvalue weighted by molar-refractivity contribution is 5.39. The molecule has 1 aliphatic heterocycles. The number of nitrogen functional groups attached to an aromatic ring is 1. The largest absolute Gasteiger partial charge is 0.382 e. The second-order valence-corrected chi connectivity index (χ2v) is 3.72. The lowest BCUT2D eigenvalue weighted by Gasteiger charge is -2.31. The van der Waals surface area contributed by atoms with Crippen LogP contribution in [0.25, 0.3) is 0 Å². The predicted octanol–water partition coefficient (Wildman–Crippen LogP) is 0.674. The molecule has 2 N–H and O–H groups in total. The van der Waals surface area contributed by atoms with Crippen molar-refractivity contribution in [3.8, 4) is 0 Å². The van der Waals surface area contributed by atoms with E-state index >= 15 is 0 Å². The fourth-order valence-corrected chi connectivity index (χ4v) is 1.82. The zero-order valence-electron chi connectivity index (χ0n) is 8.89. The van der Waals surface area contributed by atoms with Crippen LogP contribution in [0, 0.1) is 0 Å². The van der Waals surface area contributed by atoms with E-state index in [-0.39, 0.29) is 0 Å². The van der Waals surface area contributed by atoms with Gasteiger partial charge >= 0.3 is 0 Å². The summed E-state index contributed by atoms with van der Waals surface area (Å²) in [4.78, 5) is 10.5. The molecule has 1 saturated heterocycles. The Morgan fingerprint density at radius 1 is 1.33 bits per heavy atom. The smallest absolute Gasteiger partial charge is 0.147 e. The molecule has 0 atom stereocenters. The van der Waals surface area contributed by atoms with E-state index in [1.165, 1.54) is 0 Å². The molecule has 0 amide bonds. The van der Waals surface area contributed by atoms with Crippen molar-refractivity contribution >= 4 is 11.6 Å². The fraction of sp³-hybridized carbons (Fsp3) is 0.600. The van der Waals surface area contributed by atoms with E-state index in [1.807, 2.05) is 0 Å². The monoisotopic (exact) mass is 208 g/mol. The van der Waals surface area contributed by atoms with Crippen LogP contribution in [0.3, 0.4) is 0 Å². The number of nitrogens with two attached hydrogens (primary N) is 1. The van der Waals surface area contributed by atoms with Crippen LogP contribution < -0.4 is 10.6 Å². The summed E-state index contributed by atoms with van der Waals surface area (Å²) in [6.45, 7) is 1.94. The summed E-state index contributed by atoms with van der Waals surface area (Å²) < 4.78 is 5.31. The number of anilines is 2. The van der Waals surface area contributed by atoms with Gasteiger partial charge in [0, 0.05) is 20.2 Å². The molecule has 1 aliphatic rings. The topological polar surface area (TPSA) is 64.3 Å². The standard InChI is InChI=1S/C10H16N4O/c1-15-8-2-4-14(5-3-8)10-7-12-9(11)6-13-10/h6-8H,2-5H2,1H3,(H2,11,12). The van der Waals surface area contributed by atoms with Crippen molar-refractivity contribution in [2.75, 3.05) is 30.8 Å². The number of rotatable bonds is 2. The number of methoxy groups -OCH3 is 1. The van der Waals surface area contributed by atoms with E-state index < -0.39 is 0 Å². The van der Waals surface area contributed by atoms with E-state index in [2.05, 4.69) is 14.9 Å². The van der Waals surface area contributed by atoms with Crippen molar-refractivity contribution in [2.45, 2.75) is 18.9 Å². The molecule has 5 heteroatoms. The van der Waals surface area contributed by atoms with Crippen LogP contribution in [0.5, 0.6) is 0 Å². The Labute approximate surface area is 89.3 Å². The summed E-state index contributed by atoms with van der Waals surface area (Å²) in [6.07, 6.45) is 5.80. The zero-order valence-corrected chi connectivity index (χ0v) is 8.89. The molecule has 0 spiro atoms. The lowest BCUT2D eigenvalue weighted by molar-refractivity contribution is 0.0818. The lowest BCUT2D eigenvalue weighted by atomic mass is 10.1. The van der Waals surface area contributed by atoms with Gasteiger partial charge in [0.1, 0.15) is 11.6 Å². The van der Waals surface area contributed by atoms with Crippen molar-refractivity contribution in [1.29, 1.82) is 0 Å². The number of piperidine rings is 1. The van der Waals surface area contributed by atoms with Crippen LogP contribution in [0.15, 0.2) is 12.4 Å². The SMILES string of the molecule is COC1CCN(c2cnc(N)cn2)CC1. The second-order valence-electron chi connectivity index (χ2n) is 3.72. The first-order chi connectivity index (χ1) is 7.29. The Morgan fingerprint density at radius 2 is 2.07 bits per heavy atom. The molecule has 5 nitrogen and oxygen atoms in total. The maximum absolute atomic E-state index is 5.49. The Kier molecular flexibility index (Phi) is 3.01. The minimum Gasteiger partial charge on any atom is -0.382 e. The van der Waals surface area contributed by atoms with Crippen LogP contribution in [0.2, 0.25) is 0 Å². The molecular weight excluding hydrogens is 192 g/mol. The van der Waals surface area contributed by atoms with Gasteiger partial charge in [0.15, 0.2) is 0 Å². The molecule has 1 aromatic heterocycles. The Bertz CT molecular complexity index is 306. The summed E-state index contributed by atoms with van der Waals surface area (Å²) in [6, 6.07) is 0. The van der Waals surface area contributed by atoms with Gasteiger partial charge in [0.25, 0.3) is 0 Å². The maximum atomic E-state index is 5.49. The van der Waals surface area contributed by atoms with E-state index in [0.717, 1.165) is 31.7 Å². The molecule has 15 heavy (non-hydrogen) atoms. The molecule has 82 valence electrons. The molecule has 0 saturated carbocycles. The van der Waals surface area contributed by atoms with Crippen LogP contribution in [0.1, 0.15) is 12.8 Å². The third-order valence-corrected chi connectivity index (χ3v) is 2.76. The molecule has 2 heterocycles. The van der Waals surface area contributed by atoms with Gasteiger partial charge in [-0.25, -0.2) is 9.97 Å². The lowest BCUT2D eigenvalue weighted by Crippen LogP contribution is -2.37. The summed E-state index contributed by atoms with van der Waals surface area (Å²) in [7, 11) is 1.77. The molecule has 0 radical (unpaired) electrons. The van der Waals surface area contributed by atoms with Gasteiger partial charge in [-0.05, 0) is 12.8 Å². The highest BCUT2D eigenvalue weighted by Gasteiger charge is 2.19. The third kappa shape index (κ3) is 2.36. The van der Waals surface area contributed by atoms with Gasteiger partial charge in [0.05, 0.1) is 18.5 Å². The van der Waals surface area contributed by atoms with Gasteiger partial charge in [-0.3, -0.25) is 0 Å². The normalized spacial score (nSPS) is 18.1. The molecule has 0 bridgehead atoms. The highest BCUT2D eigenvalue weighted by Crippen LogP contribution is 2.18. The Balaban J connectivity index is 1.98. The predicted molar refractivity (Wildman–Crippen MR) is 58.7 cm³/mol. The first-order valence-electron chi connectivity index (χ1n) is 5.15. The number of hydrogen-bond acceptors (Lipinski definition) is 5. The molecule has 0 aliphatic carbocycles. The average molecular weight is 208 g/mol. The van der Waals surface area contributed by atoms with E-state index in [1.54, 1.807) is 19.5 Å². The van der Waals surface area contributed by atoms with Crippen molar-refractivity contribution in [3.63, 3.8) is 0 Å². The molecule has 0 aromatic carbocycles.